The Kier molecular flexibility index (Phi) is 6.48. The van der Waals surface area contributed by atoms with Crippen LogP contribution in [-0.2, 0) is 11.5 Å². The Bertz CT molecular complexity index is 470. The van der Waals surface area contributed by atoms with Gasteiger partial charge in [-0.3, -0.25) is 0 Å². The van der Waals surface area contributed by atoms with Gasteiger partial charge in [-0.2, -0.15) is 11.8 Å². The van der Waals surface area contributed by atoms with E-state index in [1.807, 2.05) is 49.9 Å². The smallest absolute Gasteiger partial charge is 0.119 e. The van der Waals surface area contributed by atoms with Crippen molar-refractivity contribution in [1.29, 1.82) is 0 Å². The van der Waals surface area contributed by atoms with Gasteiger partial charge in [-0.15, -0.1) is 0 Å². The number of hydrogen-bond donors (Lipinski definition) is 0. The van der Waals surface area contributed by atoms with Gasteiger partial charge in [-0.1, -0.05) is 24.3 Å². The van der Waals surface area contributed by atoms with E-state index in [0.717, 1.165) is 23.0 Å². The van der Waals surface area contributed by atoms with E-state index in [9.17, 15) is 0 Å². The molecule has 112 valence electrons. The lowest BCUT2D eigenvalue weighted by Gasteiger charge is -2.06. The van der Waals surface area contributed by atoms with Crippen molar-refractivity contribution in [3.63, 3.8) is 0 Å². The normalized spacial score (nSPS) is 10.4. The van der Waals surface area contributed by atoms with Gasteiger partial charge in [-0.25, -0.2) is 0 Å². The molecule has 0 aliphatic rings. The third kappa shape index (κ3) is 5.35. The monoisotopic (exact) mass is 302 g/mol. The Morgan fingerprint density at radius 3 is 1.38 bits per heavy atom. The molecule has 3 heteroatoms. The van der Waals surface area contributed by atoms with Gasteiger partial charge in [0.25, 0.3) is 0 Å². The quantitative estimate of drug-likeness (QED) is 0.689. The molecule has 0 spiro atoms. The van der Waals surface area contributed by atoms with Crippen molar-refractivity contribution in [2.24, 2.45) is 0 Å². The highest BCUT2D eigenvalue weighted by molar-refractivity contribution is 7.97. The zero-order valence-electron chi connectivity index (χ0n) is 12.7. The molecule has 0 unspecified atom stereocenters. The molecule has 0 aliphatic heterocycles. The zero-order chi connectivity index (χ0) is 14.9. The number of hydrogen-bond acceptors (Lipinski definition) is 3. The zero-order valence-corrected chi connectivity index (χ0v) is 13.5. The van der Waals surface area contributed by atoms with Gasteiger partial charge in [0.05, 0.1) is 13.2 Å². The van der Waals surface area contributed by atoms with E-state index in [1.54, 1.807) is 0 Å². The Hall–Kier alpha value is -1.61. The summed E-state index contributed by atoms with van der Waals surface area (Å²) in [6.07, 6.45) is 0. The molecule has 0 atom stereocenters. The van der Waals surface area contributed by atoms with Crippen LogP contribution in [0.4, 0.5) is 0 Å². The average molecular weight is 302 g/mol. The summed E-state index contributed by atoms with van der Waals surface area (Å²) >= 11 is 1.92. The molecule has 0 bridgehead atoms. The summed E-state index contributed by atoms with van der Waals surface area (Å²) in [5, 5.41) is 0. The maximum Gasteiger partial charge on any atom is 0.119 e. The molecule has 0 aromatic heterocycles. The van der Waals surface area contributed by atoms with Gasteiger partial charge in [0.2, 0.25) is 0 Å². The summed E-state index contributed by atoms with van der Waals surface area (Å²) in [6, 6.07) is 16.7. The minimum absolute atomic E-state index is 0.714. The molecule has 2 aromatic carbocycles. The molecular formula is C18H22O2S. The molecule has 0 fully saturated rings. The fourth-order valence-corrected chi connectivity index (χ4v) is 2.94. The molecular weight excluding hydrogens is 280 g/mol. The third-order valence-corrected chi connectivity index (χ3v) is 4.08. The molecule has 2 nitrogen and oxygen atoms in total. The van der Waals surface area contributed by atoms with Crippen molar-refractivity contribution >= 4 is 11.8 Å². The number of ether oxygens (including phenoxy) is 2. The van der Waals surface area contributed by atoms with E-state index in [-0.39, 0.29) is 0 Å². The predicted molar refractivity (Wildman–Crippen MR) is 90.2 cm³/mol. The largest absolute Gasteiger partial charge is 0.494 e. The van der Waals surface area contributed by atoms with Gasteiger partial charge in [-0.05, 0) is 49.2 Å². The topological polar surface area (TPSA) is 18.5 Å². The van der Waals surface area contributed by atoms with Gasteiger partial charge in [0.15, 0.2) is 0 Å². The molecule has 0 N–H and O–H groups in total. The van der Waals surface area contributed by atoms with Crippen LogP contribution in [0.5, 0.6) is 11.5 Å². The first-order chi connectivity index (χ1) is 10.3. The van der Waals surface area contributed by atoms with Gasteiger partial charge >= 0.3 is 0 Å². The number of rotatable bonds is 8. The number of benzene rings is 2. The standard InChI is InChI=1S/C18H22O2S/c1-3-19-17-9-5-15(6-10-17)13-21-14-16-7-11-18(12-8-16)20-4-2/h5-12H,3-4,13-14H2,1-2H3. The van der Waals surface area contributed by atoms with Crippen molar-refractivity contribution in [3.05, 3.63) is 59.7 Å². The maximum absolute atomic E-state index is 5.45. The van der Waals surface area contributed by atoms with Gasteiger partial charge in [0.1, 0.15) is 11.5 Å². The number of thioether (sulfide) groups is 1. The van der Waals surface area contributed by atoms with E-state index >= 15 is 0 Å². The molecule has 0 aliphatic carbocycles. The van der Waals surface area contributed by atoms with E-state index in [4.69, 9.17) is 9.47 Å². The Balaban J connectivity index is 1.78. The van der Waals surface area contributed by atoms with Crippen LogP contribution in [0.15, 0.2) is 48.5 Å². The van der Waals surface area contributed by atoms with E-state index in [1.165, 1.54) is 11.1 Å². The predicted octanol–water partition coefficient (Wildman–Crippen LogP) is 4.92. The van der Waals surface area contributed by atoms with Gasteiger partial charge in [0, 0.05) is 11.5 Å². The minimum atomic E-state index is 0.714. The lowest BCUT2D eigenvalue weighted by Crippen LogP contribution is -1.92. The molecule has 0 amide bonds. The van der Waals surface area contributed by atoms with Crippen molar-refractivity contribution < 1.29 is 9.47 Å². The fraction of sp³-hybridized carbons (Fsp3) is 0.333. The first-order valence-electron chi connectivity index (χ1n) is 7.33. The second-order valence-corrected chi connectivity index (χ2v) is 5.63. The van der Waals surface area contributed by atoms with Crippen LogP contribution in [0.1, 0.15) is 25.0 Å². The summed E-state index contributed by atoms with van der Waals surface area (Å²) in [4.78, 5) is 0. The van der Waals surface area contributed by atoms with Crippen molar-refractivity contribution in [1.82, 2.24) is 0 Å². The van der Waals surface area contributed by atoms with Crippen LogP contribution in [0.2, 0.25) is 0 Å². The highest BCUT2D eigenvalue weighted by Gasteiger charge is 1.98. The lowest BCUT2D eigenvalue weighted by atomic mass is 10.2. The summed E-state index contributed by atoms with van der Waals surface area (Å²) < 4.78 is 10.9. The second-order valence-electron chi connectivity index (χ2n) is 4.65. The molecule has 21 heavy (non-hydrogen) atoms. The molecule has 0 heterocycles. The first-order valence-corrected chi connectivity index (χ1v) is 8.48. The lowest BCUT2D eigenvalue weighted by molar-refractivity contribution is 0.340. The van der Waals surface area contributed by atoms with E-state index < -0.39 is 0 Å². The van der Waals surface area contributed by atoms with Crippen LogP contribution < -0.4 is 9.47 Å². The second kappa shape index (κ2) is 8.63. The van der Waals surface area contributed by atoms with Gasteiger partial charge < -0.3 is 9.47 Å². The van der Waals surface area contributed by atoms with Crippen molar-refractivity contribution in [2.75, 3.05) is 13.2 Å². The van der Waals surface area contributed by atoms with Crippen LogP contribution in [-0.4, -0.2) is 13.2 Å². The summed E-state index contributed by atoms with van der Waals surface area (Å²) in [6.45, 7) is 5.43. The SMILES string of the molecule is CCOc1ccc(CSCc2ccc(OCC)cc2)cc1. The Morgan fingerprint density at radius 1 is 0.667 bits per heavy atom. The molecule has 0 saturated carbocycles. The molecule has 2 rings (SSSR count). The van der Waals surface area contributed by atoms with Crippen LogP contribution in [0.25, 0.3) is 0 Å². The van der Waals surface area contributed by atoms with E-state index in [2.05, 4.69) is 24.3 Å². The Morgan fingerprint density at radius 2 is 1.05 bits per heavy atom. The van der Waals surface area contributed by atoms with Crippen LogP contribution in [0.3, 0.4) is 0 Å². The third-order valence-electron chi connectivity index (χ3n) is 3.01. The van der Waals surface area contributed by atoms with Crippen LogP contribution >= 0.6 is 11.8 Å². The van der Waals surface area contributed by atoms with Crippen molar-refractivity contribution in [2.45, 2.75) is 25.4 Å². The summed E-state index contributed by atoms with van der Waals surface area (Å²) in [7, 11) is 0. The highest BCUT2D eigenvalue weighted by Crippen LogP contribution is 2.21. The molecule has 0 radical (unpaired) electrons. The van der Waals surface area contributed by atoms with E-state index in [0.29, 0.717) is 13.2 Å². The Labute approximate surface area is 131 Å². The summed E-state index contributed by atoms with van der Waals surface area (Å²) in [5.74, 6) is 3.91. The first kappa shape index (κ1) is 15.8. The average Bonchev–Trinajstić information content (AvgIpc) is 2.51. The molecule has 2 aromatic rings. The minimum Gasteiger partial charge on any atom is -0.494 e. The fourth-order valence-electron chi connectivity index (χ4n) is 1.98. The molecule has 0 saturated heterocycles. The highest BCUT2D eigenvalue weighted by atomic mass is 32.2. The summed E-state index contributed by atoms with van der Waals surface area (Å²) in [5.41, 5.74) is 2.66. The maximum atomic E-state index is 5.45. The van der Waals surface area contributed by atoms with Crippen molar-refractivity contribution in [3.8, 4) is 11.5 Å². The van der Waals surface area contributed by atoms with Crippen LogP contribution in [0, 0.1) is 0 Å².